The van der Waals surface area contributed by atoms with Gasteiger partial charge in [0.25, 0.3) is 0 Å². The largest absolute Gasteiger partial charge is 0.465 e. The summed E-state index contributed by atoms with van der Waals surface area (Å²) in [6.07, 6.45) is -0.920. The molecule has 1 aromatic rings. The van der Waals surface area contributed by atoms with Gasteiger partial charge < -0.3 is 15.7 Å². The summed E-state index contributed by atoms with van der Waals surface area (Å²) in [6, 6.07) is 9.28. The Morgan fingerprint density at radius 2 is 1.89 bits per heavy atom. The predicted molar refractivity (Wildman–Crippen MR) is 72.4 cm³/mol. The van der Waals surface area contributed by atoms with Crippen molar-refractivity contribution in [3.8, 4) is 0 Å². The summed E-state index contributed by atoms with van der Waals surface area (Å²) in [5.41, 5.74) is 6.93. The average Bonchev–Trinajstić information content (AvgIpc) is 2.27. The molecule has 0 bridgehead atoms. The molecule has 1 unspecified atom stereocenters. The predicted octanol–water partition coefficient (Wildman–Crippen LogP) is 2.71. The van der Waals surface area contributed by atoms with Gasteiger partial charge in [0.2, 0.25) is 0 Å². The first-order valence-corrected chi connectivity index (χ1v) is 6.08. The van der Waals surface area contributed by atoms with Gasteiger partial charge in [-0.1, -0.05) is 51.1 Å². The van der Waals surface area contributed by atoms with E-state index >= 15 is 0 Å². The van der Waals surface area contributed by atoms with Gasteiger partial charge in [-0.25, -0.2) is 4.79 Å². The molecule has 0 fully saturated rings. The number of amides is 1. The lowest BCUT2D eigenvalue weighted by Crippen LogP contribution is -2.41. The summed E-state index contributed by atoms with van der Waals surface area (Å²) in [5, 5.41) is 9.20. The lowest BCUT2D eigenvalue weighted by atomic mass is 9.95. The van der Waals surface area contributed by atoms with E-state index in [1.807, 2.05) is 51.1 Å². The molecule has 0 radical (unpaired) electrons. The van der Waals surface area contributed by atoms with Crippen molar-refractivity contribution in [2.24, 2.45) is 11.1 Å². The van der Waals surface area contributed by atoms with Crippen molar-refractivity contribution < 1.29 is 9.90 Å². The molecule has 0 saturated heterocycles. The van der Waals surface area contributed by atoms with E-state index in [9.17, 15) is 9.90 Å². The van der Waals surface area contributed by atoms with Gasteiger partial charge in [0.15, 0.2) is 0 Å². The van der Waals surface area contributed by atoms with E-state index in [0.717, 1.165) is 5.56 Å². The number of carboxylic acid groups (broad SMARTS) is 1. The molecule has 0 heterocycles. The van der Waals surface area contributed by atoms with Gasteiger partial charge in [0.05, 0.1) is 0 Å². The molecule has 0 spiro atoms. The van der Waals surface area contributed by atoms with E-state index in [4.69, 9.17) is 5.73 Å². The standard InChI is InChI=1S/C14H22N2O2/c1-14(2,3)10-16(13(17)18)9-12(15)11-7-5-4-6-8-11/h4-8,12H,9-10,15H2,1-3H3,(H,17,18). The molecule has 1 amide bonds. The first-order chi connectivity index (χ1) is 8.29. The minimum absolute atomic E-state index is 0.0746. The summed E-state index contributed by atoms with van der Waals surface area (Å²) in [7, 11) is 0. The fourth-order valence-electron chi connectivity index (χ4n) is 1.83. The molecule has 4 heteroatoms. The third-order valence-corrected chi connectivity index (χ3v) is 2.58. The second-order valence-electron chi connectivity index (χ2n) is 5.74. The molecule has 0 saturated carbocycles. The van der Waals surface area contributed by atoms with Crippen LogP contribution in [-0.2, 0) is 0 Å². The third-order valence-electron chi connectivity index (χ3n) is 2.58. The van der Waals surface area contributed by atoms with E-state index in [-0.39, 0.29) is 11.5 Å². The Kier molecular flexibility index (Phi) is 4.73. The second kappa shape index (κ2) is 5.87. The summed E-state index contributed by atoms with van der Waals surface area (Å²) in [5.74, 6) is 0. The molecular formula is C14H22N2O2. The summed E-state index contributed by atoms with van der Waals surface area (Å²) >= 11 is 0. The molecule has 1 aromatic carbocycles. The van der Waals surface area contributed by atoms with Gasteiger partial charge in [-0.05, 0) is 11.0 Å². The first kappa shape index (κ1) is 14.5. The third kappa shape index (κ3) is 4.75. The monoisotopic (exact) mass is 250 g/mol. The van der Waals surface area contributed by atoms with Crippen molar-refractivity contribution in [3.05, 3.63) is 35.9 Å². The fraction of sp³-hybridized carbons (Fsp3) is 0.500. The van der Waals surface area contributed by atoms with E-state index in [2.05, 4.69) is 0 Å². The van der Waals surface area contributed by atoms with E-state index in [1.165, 1.54) is 4.90 Å². The molecule has 1 rings (SSSR count). The van der Waals surface area contributed by atoms with Gasteiger partial charge in [-0.15, -0.1) is 0 Å². The Morgan fingerprint density at radius 3 is 2.33 bits per heavy atom. The van der Waals surface area contributed by atoms with Gasteiger partial charge in [-0.3, -0.25) is 0 Å². The number of hydrogen-bond donors (Lipinski definition) is 2. The van der Waals surface area contributed by atoms with Crippen molar-refractivity contribution in [2.45, 2.75) is 26.8 Å². The van der Waals surface area contributed by atoms with Crippen LogP contribution in [0.5, 0.6) is 0 Å². The van der Waals surface area contributed by atoms with Crippen LogP contribution in [0.15, 0.2) is 30.3 Å². The lowest BCUT2D eigenvalue weighted by Gasteiger charge is -2.29. The number of benzene rings is 1. The van der Waals surface area contributed by atoms with Crippen LogP contribution in [0, 0.1) is 5.41 Å². The molecule has 0 aliphatic carbocycles. The van der Waals surface area contributed by atoms with Crippen molar-refractivity contribution in [1.82, 2.24) is 4.90 Å². The fourth-order valence-corrected chi connectivity index (χ4v) is 1.83. The molecule has 100 valence electrons. The molecule has 3 N–H and O–H groups in total. The van der Waals surface area contributed by atoms with E-state index < -0.39 is 6.09 Å². The smallest absolute Gasteiger partial charge is 0.407 e. The number of nitrogens with zero attached hydrogens (tertiary/aromatic N) is 1. The van der Waals surface area contributed by atoms with Crippen LogP contribution < -0.4 is 5.73 Å². The highest BCUT2D eigenvalue weighted by atomic mass is 16.4. The highest BCUT2D eigenvalue weighted by Gasteiger charge is 2.22. The maximum Gasteiger partial charge on any atom is 0.407 e. The van der Waals surface area contributed by atoms with Gasteiger partial charge in [0.1, 0.15) is 0 Å². The number of hydrogen-bond acceptors (Lipinski definition) is 2. The first-order valence-electron chi connectivity index (χ1n) is 6.08. The number of carbonyl (C=O) groups is 1. The Labute approximate surface area is 108 Å². The van der Waals surface area contributed by atoms with Crippen molar-refractivity contribution >= 4 is 6.09 Å². The zero-order valence-corrected chi connectivity index (χ0v) is 11.3. The Balaban J connectivity index is 2.70. The molecule has 18 heavy (non-hydrogen) atoms. The van der Waals surface area contributed by atoms with Crippen LogP contribution >= 0.6 is 0 Å². The van der Waals surface area contributed by atoms with Crippen molar-refractivity contribution in [2.75, 3.05) is 13.1 Å². The minimum atomic E-state index is -0.920. The van der Waals surface area contributed by atoms with Crippen molar-refractivity contribution in [1.29, 1.82) is 0 Å². The van der Waals surface area contributed by atoms with Crippen LogP contribution in [0.3, 0.4) is 0 Å². The molecular weight excluding hydrogens is 228 g/mol. The van der Waals surface area contributed by atoms with Crippen LogP contribution in [0.1, 0.15) is 32.4 Å². The SMILES string of the molecule is CC(C)(C)CN(CC(N)c1ccccc1)C(=O)O. The van der Waals surface area contributed by atoms with Crippen LogP contribution in [-0.4, -0.2) is 29.2 Å². The zero-order valence-electron chi connectivity index (χ0n) is 11.3. The molecule has 0 aliphatic rings. The van der Waals surface area contributed by atoms with Gasteiger partial charge >= 0.3 is 6.09 Å². The average molecular weight is 250 g/mol. The van der Waals surface area contributed by atoms with Gasteiger partial charge in [-0.2, -0.15) is 0 Å². The van der Waals surface area contributed by atoms with Crippen LogP contribution in [0.2, 0.25) is 0 Å². The van der Waals surface area contributed by atoms with E-state index in [0.29, 0.717) is 13.1 Å². The molecule has 0 aliphatic heterocycles. The number of nitrogens with two attached hydrogens (primary N) is 1. The summed E-state index contributed by atoms with van der Waals surface area (Å²) in [4.78, 5) is 12.6. The Bertz CT molecular complexity index is 385. The van der Waals surface area contributed by atoms with Crippen LogP contribution in [0.25, 0.3) is 0 Å². The summed E-state index contributed by atoms with van der Waals surface area (Å²) < 4.78 is 0. The highest BCUT2D eigenvalue weighted by molar-refractivity contribution is 5.65. The lowest BCUT2D eigenvalue weighted by molar-refractivity contribution is 0.123. The minimum Gasteiger partial charge on any atom is -0.465 e. The molecule has 0 aromatic heterocycles. The topological polar surface area (TPSA) is 66.6 Å². The summed E-state index contributed by atoms with van der Waals surface area (Å²) in [6.45, 7) is 6.82. The highest BCUT2D eigenvalue weighted by Crippen LogP contribution is 2.18. The second-order valence-corrected chi connectivity index (χ2v) is 5.74. The van der Waals surface area contributed by atoms with Crippen molar-refractivity contribution in [3.63, 3.8) is 0 Å². The van der Waals surface area contributed by atoms with Gasteiger partial charge in [0, 0.05) is 19.1 Å². The number of rotatable bonds is 4. The van der Waals surface area contributed by atoms with Crippen LogP contribution in [0.4, 0.5) is 4.79 Å². The zero-order chi connectivity index (χ0) is 13.8. The van der Waals surface area contributed by atoms with E-state index in [1.54, 1.807) is 0 Å². The molecule has 4 nitrogen and oxygen atoms in total. The Morgan fingerprint density at radius 1 is 1.33 bits per heavy atom. The quantitative estimate of drug-likeness (QED) is 0.863. The maximum absolute atomic E-state index is 11.2. The molecule has 1 atom stereocenters. The normalized spacial score (nSPS) is 13.1. The maximum atomic E-state index is 11.2. The Hall–Kier alpha value is -1.55.